The molecule has 0 aliphatic carbocycles. The molecule has 1 fully saturated rings. The number of nitrogens with one attached hydrogen (secondary N) is 1. The standard InChI is InChI=1S/C12H15ClN2O2/c13-9-1-2-11(16)10(7-9)12(17)8-15-5-3-14-4-6-15/h1-2,7,14,16H,3-6,8H2. The Hall–Kier alpha value is -1.10. The molecule has 0 bridgehead atoms. The summed E-state index contributed by atoms with van der Waals surface area (Å²) in [7, 11) is 0. The third-order valence-electron chi connectivity index (χ3n) is 2.84. The Bertz CT molecular complexity index is 417. The highest BCUT2D eigenvalue weighted by molar-refractivity contribution is 6.31. The summed E-state index contributed by atoms with van der Waals surface area (Å²) in [5, 5.41) is 13.3. The summed E-state index contributed by atoms with van der Waals surface area (Å²) in [5.74, 6) is -0.0959. The fourth-order valence-electron chi connectivity index (χ4n) is 1.89. The van der Waals surface area contributed by atoms with Crippen LogP contribution in [0, 0.1) is 0 Å². The molecule has 1 saturated heterocycles. The van der Waals surface area contributed by atoms with Crippen LogP contribution in [-0.4, -0.2) is 48.5 Å². The molecule has 1 heterocycles. The van der Waals surface area contributed by atoms with Gasteiger partial charge in [-0.15, -0.1) is 0 Å². The number of halogens is 1. The average molecular weight is 255 g/mol. The Kier molecular flexibility index (Phi) is 3.99. The number of hydrogen-bond donors (Lipinski definition) is 2. The molecule has 0 aromatic heterocycles. The summed E-state index contributed by atoms with van der Waals surface area (Å²) in [4.78, 5) is 14.1. The predicted octanol–water partition coefficient (Wildman–Crippen LogP) is 1.13. The van der Waals surface area contributed by atoms with Gasteiger partial charge in [-0.3, -0.25) is 9.69 Å². The summed E-state index contributed by atoms with van der Waals surface area (Å²) in [6, 6.07) is 4.53. The van der Waals surface area contributed by atoms with Crippen molar-refractivity contribution < 1.29 is 9.90 Å². The number of hydrogen-bond acceptors (Lipinski definition) is 4. The van der Waals surface area contributed by atoms with E-state index in [1.165, 1.54) is 12.1 Å². The maximum Gasteiger partial charge on any atom is 0.180 e. The van der Waals surface area contributed by atoms with Crippen LogP contribution in [0.25, 0.3) is 0 Å². The number of benzene rings is 1. The Morgan fingerprint density at radius 1 is 1.41 bits per heavy atom. The van der Waals surface area contributed by atoms with Gasteiger partial charge in [-0.1, -0.05) is 11.6 Å². The predicted molar refractivity (Wildman–Crippen MR) is 66.8 cm³/mol. The van der Waals surface area contributed by atoms with Gasteiger partial charge in [0, 0.05) is 31.2 Å². The minimum atomic E-state index is -0.0908. The molecule has 0 unspecified atom stereocenters. The number of nitrogens with zero attached hydrogens (tertiary/aromatic N) is 1. The van der Waals surface area contributed by atoms with Crippen molar-refractivity contribution in [3.05, 3.63) is 28.8 Å². The van der Waals surface area contributed by atoms with Crippen molar-refractivity contribution in [2.45, 2.75) is 0 Å². The zero-order valence-electron chi connectivity index (χ0n) is 9.45. The third kappa shape index (κ3) is 3.19. The summed E-state index contributed by atoms with van der Waals surface area (Å²) in [5.41, 5.74) is 0.302. The summed E-state index contributed by atoms with van der Waals surface area (Å²) in [6.07, 6.45) is 0. The van der Waals surface area contributed by atoms with Gasteiger partial charge in [-0.05, 0) is 18.2 Å². The minimum absolute atomic E-state index is 0.00506. The SMILES string of the molecule is O=C(CN1CCNCC1)c1cc(Cl)ccc1O. The second-order valence-electron chi connectivity index (χ2n) is 4.11. The van der Waals surface area contributed by atoms with Crippen LogP contribution >= 0.6 is 11.6 Å². The zero-order chi connectivity index (χ0) is 12.3. The van der Waals surface area contributed by atoms with Gasteiger partial charge in [-0.2, -0.15) is 0 Å². The van der Waals surface area contributed by atoms with E-state index < -0.39 is 0 Å². The summed E-state index contributed by atoms with van der Waals surface area (Å²) < 4.78 is 0. The van der Waals surface area contributed by atoms with E-state index in [0.29, 0.717) is 17.1 Å². The Balaban J connectivity index is 2.05. The zero-order valence-corrected chi connectivity index (χ0v) is 10.2. The lowest BCUT2D eigenvalue weighted by Crippen LogP contribution is -2.45. The first-order chi connectivity index (χ1) is 8.16. The van der Waals surface area contributed by atoms with Crippen molar-refractivity contribution in [1.29, 1.82) is 0 Å². The second-order valence-corrected chi connectivity index (χ2v) is 4.55. The van der Waals surface area contributed by atoms with Gasteiger partial charge in [0.25, 0.3) is 0 Å². The number of ketones is 1. The number of rotatable bonds is 3. The number of carbonyl (C=O) groups is 1. The van der Waals surface area contributed by atoms with Crippen LogP contribution in [0.2, 0.25) is 5.02 Å². The molecule has 2 rings (SSSR count). The van der Waals surface area contributed by atoms with E-state index in [1.807, 2.05) is 0 Å². The highest BCUT2D eigenvalue weighted by Crippen LogP contribution is 2.22. The second kappa shape index (κ2) is 5.49. The highest BCUT2D eigenvalue weighted by Gasteiger charge is 2.17. The minimum Gasteiger partial charge on any atom is -0.507 e. The first-order valence-electron chi connectivity index (χ1n) is 5.61. The van der Waals surface area contributed by atoms with E-state index in [-0.39, 0.29) is 11.5 Å². The molecule has 0 spiro atoms. The molecule has 0 saturated carbocycles. The molecular formula is C12H15ClN2O2. The normalized spacial score (nSPS) is 17.0. The van der Waals surface area contributed by atoms with Gasteiger partial charge in [0.05, 0.1) is 12.1 Å². The molecule has 1 aliphatic heterocycles. The maximum atomic E-state index is 12.0. The van der Waals surface area contributed by atoms with Crippen molar-refractivity contribution in [3.8, 4) is 5.75 Å². The van der Waals surface area contributed by atoms with E-state index in [0.717, 1.165) is 26.2 Å². The molecule has 4 nitrogen and oxygen atoms in total. The van der Waals surface area contributed by atoms with Crippen molar-refractivity contribution in [2.24, 2.45) is 0 Å². The van der Waals surface area contributed by atoms with Crippen LogP contribution in [-0.2, 0) is 0 Å². The molecule has 5 heteroatoms. The van der Waals surface area contributed by atoms with Crippen LogP contribution in [0.15, 0.2) is 18.2 Å². The van der Waals surface area contributed by atoms with Gasteiger partial charge in [0.2, 0.25) is 0 Å². The Morgan fingerprint density at radius 3 is 2.82 bits per heavy atom. The van der Waals surface area contributed by atoms with Gasteiger partial charge in [-0.25, -0.2) is 0 Å². The van der Waals surface area contributed by atoms with Crippen LogP contribution in [0.3, 0.4) is 0 Å². The molecule has 17 heavy (non-hydrogen) atoms. The fraction of sp³-hybridized carbons (Fsp3) is 0.417. The van der Waals surface area contributed by atoms with E-state index >= 15 is 0 Å². The van der Waals surface area contributed by atoms with Crippen molar-refractivity contribution in [2.75, 3.05) is 32.7 Å². The average Bonchev–Trinajstić information content (AvgIpc) is 2.33. The van der Waals surface area contributed by atoms with E-state index in [4.69, 9.17) is 11.6 Å². The topological polar surface area (TPSA) is 52.6 Å². The smallest absolute Gasteiger partial charge is 0.180 e. The molecule has 1 aliphatic rings. The highest BCUT2D eigenvalue weighted by atomic mass is 35.5. The monoisotopic (exact) mass is 254 g/mol. The molecule has 92 valence electrons. The van der Waals surface area contributed by atoms with Gasteiger partial charge >= 0.3 is 0 Å². The number of piperazine rings is 1. The van der Waals surface area contributed by atoms with Crippen LogP contribution in [0.1, 0.15) is 10.4 Å². The van der Waals surface area contributed by atoms with Crippen molar-refractivity contribution in [3.63, 3.8) is 0 Å². The van der Waals surface area contributed by atoms with E-state index in [2.05, 4.69) is 10.2 Å². The summed E-state index contributed by atoms with van der Waals surface area (Å²) in [6.45, 7) is 3.83. The first-order valence-corrected chi connectivity index (χ1v) is 5.99. The third-order valence-corrected chi connectivity index (χ3v) is 3.07. The molecule has 0 atom stereocenters. The lowest BCUT2D eigenvalue weighted by Gasteiger charge is -2.26. The van der Waals surface area contributed by atoms with Crippen molar-refractivity contribution in [1.82, 2.24) is 10.2 Å². The number of carbonyl (C=O) groups excluding carboxylic acids is 1. The molecule has 1 aromatic carbocycles. The number of aromatic hydroxyl groups is 1. The molecular weight excluding hydrogens is 240 g/mol. The first kappa shape index (κ1) is 12.4. The van der Waals surface area contributed by atoms with Crippen molar-refractivity contribution >= 4 is 17.4 Å². The number of phenols is 1. The van der Waals surface area contributed by atoms with Crippen LogP contribution in [0.5, 0.6) is 5.75 Å². The quantitative estimate of drug-likeness (QED) is 0.795. The van der Waals surface area contributed by atoms with E-state index in [1.54, 1.807) is 6.07 Å². The molecule has 0 amide bonds. The van der Waals surface area contributed by atoms with Gasteiger partial charge < -0.3 is 10.4 Å². The van der Waals surface area contributed by atoms with Crippen LogP contribution < -0.4 is 5.32 Å². The Morgan fingerprint density at radius 2 is 2.12 bits per heavy atom. The summed E-state index contributed by atoms with van der Waals surface area (Å²) >= 11 is 5.82. The Labute approximate surface area is 105 Å². The van der Waals surface area contributed by atoms with Crippen LogP contribution in [0.4, 0.5) is 0 Å². The fourth-order valence-corrected chi connectivity index (χ4v) is 2.06. The largest absolute Gasteiger partial charge is 0.507 e. The van der Waals surface area contributed by atoms with Gasteiger partial charge in [0.1, 0.15) is 5.75 Å². The maximum absolute atomic E-state index is 12.0. The number of phenolic OH excluding ortho intramolecular Hbond substituents is 1. The number of Topliss-reactive ketones (excluding diaryl/α,β-unsaturated/α-hetero) is 1. The lowest BCUT2D eigenvalue weighted by molar-refractivity contribution is 0.0919. The lowest BCUT2D eigenvalue weighted by atomic mass is 10.1. The van der Waals surface area contributed by atoms with Gasteiger partial charge in [0.15, 0.2) is 5.78 Å². The molecule has 2 N–H and O–H groups in total. The molecule has 0 radical (unpaired) electrons. The van der Waals surface area contributed by atoms with E-state index in [9.17, 15) is 9.90 Å². The molecule has 1 aromatic rings.